The highest BCUT2D eigenvalue weighted by Gasteiger charge is 2.35. The van der Waals surface area contributed by atoms with Gasteiger partial charge >= 0.3 is 6.18 Å². The fourth-order valence-electron chi connectivity index (χ4n) is 4.73. The van der Waals surface area contributed by atoms with E-state index in [1.165, 1.54) is 18.3 Å². The maximum atomic E-state index is 13.2. The highest BCUT2D eigenvalue weighted by Crippen LogP contribution is 2.32. The zero-order valence-electron chi connectivity index (χ0n) is 20.5. The number of aromatic nitrogens is 3. The number of thiazole rings is 1. The summed E-state index contributed by atoms with van der Waals surface area (Å²) in [5, 5.41) is 7.68. The molecule has 2 aromatic carbocycles. The number of benzene rings is 2. The Hall–Kier alpha value is -3.25. The number of likely N-dealkylation sites (tertiary alicyclic amines) is 1. The number of halogens is 3. The highest BCUT2D eigenvalue weighted by atomic mass is 32.2. The molecular weight excluding hydrogens is 537 g/mol. The Kier molecular flexibility index (Phi) is 7.03. The monoisotopic (exact) mass is 562 g/mol. The number of rotatable bonds is 6. The molecule has 0 N–H and O–H groups in total. The second kappa shape index (κ2) is 10.1. The van der Waals surface area contributed by atoms with Crippen molar-refractivity contribution < 1.29 is 26.4 Å². The van der Waals surface area contributed by atoms with Crippen molar-refractivity contribution in [2.45, 2.75) is 49.1 Å². The van der Waals surface area contributed by atoms with E-state index < -0.39 is 21.7 Å². The van der Waals surface area contributed by atoms with Gasteiger partial charge in [-0.3, -0.25) is 9.48 Å². The van der Waals surface area contributed by atoms with Gasteiger partial charge in [0, 0.05) is 35.5 Å². The van der Waals surface area contributed by atoms with Crippen LogP contribution in [0.3, 0.4) is 0 Å². The zero-order chi connectivity index (χ0) is 27.1. The fraction of sp³-hybridized carbons (Fsp3) is 0.346. The van der Waals surface area contributed by atoms with Crippen LogP contribution in [0.2, 0.25) is 0 Å². The topological polar surface area (TPSA) is 85.2 Å². The van der Waals surface area contributed by atoms with E-state index >= 15 is 0 Å². The van der Waals surface area contributed by atoms with E-state index in [-0.39, 0.29) is 34.7 Å². The summed E-state index contributed by atoms with van der Waals surface area (Å²) in [6, 6.07) is 13.5. The van der Waals surface area contributed by atoms with E-state index in [2.05, 4.69) is 10.1 Å². The van der Waals surface area contributed by atoms with Gasteiger partial charge in [-0.25, -0.2) is 13.4 Å². The van der Waals surface area contributed by atoms with Crippen molar-refractivity contribution in [2.24, 2.45) is 0 Å². The van der Waals surface area contributed by atoms with E-state index in [0.717, 1.165) is 21.1 Å². The molecule has 0 atom stereocenters. The lowest BCUT2D eigenvalue weighted by atomic mass is 9.97. The summed E-state index contributed by atoms with van der Waals surface area (Å²) in [5.74, 6) is -0.399. The van der Waals surface area contributed by atoms with Crippen LogP contribution in [0.4, 0.5) is 13.2 Å². The maximum Gasteiger partial charge on any atom is 0.435 e. The number of hydrogen-bond acceptors (Lipinski definition) is 6. The smallest absolute Gasteiger partial charge is 0.341 e. The number of hydrogen-bond donors (Lipinski definition) is 0. The number of fused-ring (bicyclic) bond motifs is 1. The third-order valence-corrected chi connectivity index (χ3v) is 9.50. The van der Waals surface area contributed by atoms with Crippen LogP contribution in [-0.2, 0) is 33.1 Å². The van der Waals surface area contributed by atoms with Gasteiger partial charge in [0.05, 0.1) is 21.3 Å². The molecule has 0 saturated carbocycles. The molecule has 0 unspecified atom stereocenters. The maximum absolute atomic E-state index is 13.2. The van der Waals surface area contributed by atoms with Crippen LogP contribution in [0.5, 0.6) is 0 Å². The number of piperidine rings is 1. The molecule has 1 amide bonds. The van der Waals surface area contributed by atoms with Crippen LogP contribution in [-0.4, -0.2) is 47.1 Å². The summed E-state index contributed by atoms with van der Waals surface area (Å²) < 4.78 is 66.2. The Morgan fingerprint density at radius 3 is 2.53 bits per heavy atom. The van der Waals surface area contributed by atoms with Gasteiger partial charge in [-0.05, 0) is 37.3 Å². The second-order valence-electron chi connectivity index (χ2n) is 9.39. The molecule has 1 aliphatic rings. The van der Waals surface area contributed by atoms with Crippen molar-refractivity contribution in [2.75, 3.05) is 13.1 Å². The summed E-state index contributed by atoms with van der Waals surface area (Å²) >= 11 is 1.42. The SMILES string of the molecule is Cc1cc(C(F)(F)F)nn1CC(=O)N1CCC(c2nc(CS(=O)(=O)c3cccc4ccccc34)cs2)CC1. The average molecular weight is 563 g/mol. The predicted molar refractivity (Wildman–Crippen MR) is 137 cm³/mol. The number of sulfone groups is 1. The lowest BCUT2D eigenvalue weighted by Crippen LogP contribution is -2.40. The molecule has 0 aliphatic carbocycles. The molecule has 0 bridgehead atoms. The number of alkyl halides is 3. The molecule has 0 radical (unpaired) electrons. The average Bonchev–Trinajstić information content (AvgIpc) is 3.50. The van der Waals surface area contributed by atoms with E-state index in [4.69, 9.17) is 0 Å². The molecule has 5 rings (SSSR count). The van der Waals surface area contributed by atoms with Gasteiger partial charge < -0.3 is 4.90 Å². The molecule has 0 spiro atoms. The first-order chi connectivity index (χ1) is 18.0. The molecule has 1 aliphatic heterocycles. The van der Waals surface area contributed by atoms with Crippen molar-refractivity contribution in [3.8, 4) is 0 Å². The number of carbonyl (C=O) groups is 1. The first kappa shape index (κ1) is 26.4. The zero-order valence-corrected chi connectivity index (χ0v) is 22.1. The fourth-order valence-corrected chi connectivity index (χ4v) is 7.32. The molecule has 38 heavy (non-hydrogen) atoms. The van der Waals surface area contributed by atoms with E-state index in [0.29, 0.717) is 37.0 Å². The summed E-state index contributed by atoms with van der Waals surface area (Å²) in [7, 11) is -3.61. The number of carbonyl (C=O) groups excluding carboxylic acids is 1. The molecule has 1 saturated heterocycles. The molecule has 2 aromatic heterocycles. The summed E-state index contributed by atoms with van der Waals surface area (Å²) in [5.41, 5.74) is -0.246. The van der Waals surface area contributed by atoms with Crippen LogP contribution in [0.15, 0.2) is 58.8 Å². The number of nitrogens with zero attached hydrogens (tertiary/aromatic N) is 4. The summed E-state index contributed by atoms with van der Waals surface area (Å²) in [4.78, 5) is 19.2. The van der Waals surface area contributed by atoms with Crippen LogP contribution in [0.1, 0.15) is 40.8 Å². The van der Waals surface area contributed by atoms with Crippen LogP contribution >= 0.6 is 11.3 Å². The Balaban J connectivity index is 1.21. The van der Waals surface area contributed by atoms with Gasteiger partial charge in [0.15, 0.2) is 15.5 Å². The van der Waals surface area contributed by atoms with E-state index in [1.807, 2.05) is 24.3 Å². The molecule has 3 heterocycles. The second-order valence-corrected chi connectivity index (χ2v) is 12.2. The normalized spacial score (nSPS) is 15.3. The summed E-state index contributed by atoms with van der Waals surface area (Å²) in [6.45, 7) is 2.13. The van der Waals surface area contributed by atoms with Crippen molar-refractivity contribution in [3.05, 3.63) is 76.0 Å². The van der Waals surface area contributed by atoms with E-state index in [1.54, 1.807) is 28.5 Å². The molecule has 7 nitrogen and oxygen atoms in total. The minimum atomic E-state index is -4.56. The van der Waals surface area contributed by atoms with Crippen molar-refractivity contribution >= 4 is 37.9 Å². The lowest BCUT2D eigenvalue weighted by Gasteiger charge is -2.31. The van der Waals surface area contributed by atoms with Crippen LogP contribution in [0, 0.1) is 6.92 Å². The molecule has 200 valence electrons. The molecule has 4 aromatic rings. The number of amides is 1. The minimum Gasteiger partial charge on any atom is -0.341 e. The first-order valence-electron chi connectivity index (χ1n) is 12.1. The first-order valence-corrected chi connectivity index (χ1v) is 14.6. The Morgan fingerprint density at radius 1 is 1.11 bits per heavy atom. The lowest BCUT2D eigenvalue weighted by molar-refractivity contribution is -0.142. The Labute approximate surface area is 221 Å². The Bertz CT molecular complexity index is 1580. The van der Waals surface area contributed by atoms with Gasteiger partial charge in [-0.2, -0.15) is 18.3 Å². The van der Waals surface area contributed by atoms with E-state index in [9.17, 15) is 26.4 Å². The third kappa shape index (κ3) is 5.46. The molecule has 12 heteroatoms. The molecular formula is C26H25F3N4O3S2. The highest BCUT2D eigenvalue weighted by molar-refractivity contribution is 7.90. The standard InChI is InChI=1S/C26H25F3N4O3S2/c1-17-13-23(26(27,28)29)31-33(17)14-24(34)32-11-9-19(10-12-32)25-30-20(15-37-25)16-38(35,36)22-8-4-6-18-5-2-3-7-21(18)22/h2-8,13,15,19H,9-12,14,16H2,1H3. The minimum absolute atomic E-state index is 0.0846. The van der Waals surface area contributed by atoms with Crippen LogP contribution < -0.4 is 0 Å². The van der Waals surface area contributed by atoms with Crippen LogP contribution in [0.25, 0.3) is 10.8 Å². The van der Waals surface area contributed by atoms with Gasteiger partial charge in [-0.1, -0.05) is 36.4 Å². The van der Waals surface area contributed by atoms with Crippen molar-refractivity contribution in [1.29, 1.82) is 0 Å². The predicted octanol–water partition coefficient (Wildman–Crippen LogP) is 5.20. The van der Waals surface area contributed by atoms with Gasteiger partial charge in [0.2, 0.25) is 5.91 Å². The van der Waals surface area contributed by atoms with Crippen molar-refractivity contribution in [3.63, 3.8) is 0 Å². The quantitative estimate of drug-likeness (QED) is 0.323. The van der Waals surface area contributed by atoms with Crippen molar-refractivity contribution in [1.82, 2.24) is 19.7 Å². The summed E-state index contributed by atoms with van der Waals surface area (Å²) in [6.07, 6.45) is -3.28. The third-order valence-electron chi connectivity index (χ3n) is 6.75. The van der Waals surface area contributed by atoms with Gasteiger partial charge in [-0.15, -0.1) is 11.3 Å². The number of aryl methyl sites for hydroxylation is 1. The Morgan fingerprint density at radius 2 is 1.82 bits per heavy atom. The van der Waals surface area contributed by atoms with Gasteiger partial charge in [0.25, 0.3) is 0 Å². The van der Waals surface area contributed by atoms with Gasteiger partial charge in [0.1, 0.15) is 6.54 Å². The molecule has 1 fully saturated rings. The largest absolute Gasteiger partial charge is 0.435 e.